The predicted molar refractivity (Wildman–Crippen MR) is 80.0 cm³/mol. The van der Waals surface area contributed by atoms with Gasteiger partial charge in [0.05, 0.1) is 16.9 Å². The molecule has 1 fully saturated rings. The molecule has 1 aliphatic rings. The van der Waals surface area contributed by atoms with Crippen molar-refractivity contribution >= 4 is 21.6 Å². The number of nitrogens with zero attached hydrogens (tertiary/aromatic N) is 1. The van der Waals surface area contributed by atoms with E-state index in [9.17, 15) is 17.9 Å². The first kappa shape index (κ1) is 16.7. The molecule has 0 aromatic heterocycles. The van der Waals surface area contributed by atoms with Crippen molar-refractivity contribution < 1.29 is 17.9 Å². The van der Waals surface area contributed by atoms with Crippen LogP contribution in [0.3, 0.4) is 0 Å². The number of benzene rings is 1. The molecule has 0 saturated carbocycles. The van der Waals surface area contributed by atoms with E-state index < -0.39 is 21.9 Å². The number of hydrogen-bond acceptors (Lipinski definition) is 3. The van der Waals surface area contributed by atoms with Crippen LogP contribution in [0.5, 0.6) is 0 Å². The summed E-state index contributed by atoms with van der Waals surface area (Å²) in [5.41, 5.74) is 0.471. The summed E-state index contributed by atoms with van der Waals surface area (Å²) >= 11 is 5.67. The Balaban J connectivity index is 2.04. The molecule has 0 bridgehead atoms. The van der Waals surface area contributed by atoms with Crippen LogP contribution in [-0.4, -0.2) is 37.0 Å². The van der Waals surface area contributed by atoms with Crippen molar-refractivity contribution in [1.29, 1.82) is 0 Å². The van der Waals surface area contributed by atoms with Crippen LogP contribution < -0.4 is 0 Å². The lowest BCUT2D eigenvalue weighted by molar-refractivity contribution is 0.0912. The molecular formula is C14H19ClFNO3S. The van der Waals surface area contributed by atoms with Gasteiger partial charge >= 0.3 is 0 Å². The molecule has 1 aliphatic heterocycles. The Labute approximate surface area is 129 Å². The van der Waals surface area contributed by atoms with Crippen LogP contribution in [0.4, 0.5) is 4.39 Å². The Kier molecular flexibility index (Phi) is 5.24. The maximum absolute atomic E-state index is 13.1. The van der Waals surface area contributed by atoms with E-state index in [2.05, 4.69) is 0 Å². The van der Waals surface area contributed by atoms with Gasteiger partial charge in [0, 0.05) is 13.1 Å². The van der Waals surface area contributed by atoms with Crippen molar-refractivity contribution in [3.8, 4) is 0 Å². The van der Waals surface area contributed by atoms with E-state index in [4.69, 9.17) is 11.6 Å². The van der Waals surface area contributed by atoms with Crippen LogP contribution in [-0.2, 0) is 15.8 Å². The van der Waals surface area contributed by atoms with Crippen LogP contribution in [0.1, 0.15) is 25.3 Å². The van der Waals surface area contributed by atoms with Crippen LogP contribution in [0.25, 0.3) is 0 Å². The lowest BCUT2D eigenvalue weighted by Crippen LogP contribution is -2.41. The maximum Gasteiger partial charge on any atom is 0.218 e. The second kappa shape index (κ2) is 6.60. The van der Waals surface area contributed by atoms with Gasteiger partial charge in [0.2, 0.25) is 10.0 Å². The van der Waals surface area contributed by atoms with E-state index >= 15 is 0 Å². The first-order valence-corrected chi connectivity index (χ1v) is 8.88. The summed E-state index contributed by atoms with van der Waals surface area (Å²) in [5.74, 6) is -0.598. The quantitative estimate of drug-likeness (QED) is 0.919. The van der Waals surface area contributed by atoms with E-state index in [0.29, 0.717) is 31.5 Å². The summed E-state index contributed by atoms with van der Waals surface area (Å²) in [7, 11) is -3.44. The highest BCUT2D eigenvalue weighted by molar-refractivity contribution is 7.88. The Hall–Kier alpha value is -0.690. The number of aliphatic hydroxyl groups is 1. The summed E-state index contributed by atoms with van der Waals surface area (Å²) in [6.07, 6.45) is 0.896. The number of hydrogen-bond donors (Lipinski definition) is 1. The lowest BCUT2D eigenvalue weighted by atomic mass is 9.93. The molecule has 0 amide bonds. The number of sulfonamides is 1. The van der Waals surface area contributed by atoms with Crippen LogP contribution in [0.2, 0.25) is 5.02 Å². The molecule has 0 radical (unpaired) electrons. The van der Waals surface area contributed by atoms with Crippen LogP contribution in [0.15, 0.2) is 18.2 Å². The second-order valence-corrected chi connectivity index (χ2v) is 7.86. The maximum atomic E-state index is 13.1. The molecule has 1 atom stereocenters. The van der Waals surface area contributed by atoms with Crippen LogP contribution >= 0.6 is 11.6 Å². The summed E-state index contributed by atoms with van der Waals surface area (Å²) in [4.78, 5) is 0. The zero-order valence-electron chi connectivity index (χ0n) is 11.8. The zero-order valence-corrected chi connectivity index (χ0v) is 13.4. The molecule has 21 heavy (non-hydrogen) atoms. The van der Waals surface area contributed by atoms with E-state index in [1.165, 1.54) is 22.5 Å². The molecule has 2 rings (SSSR count). The van der Waals surface area contributed by atoms with Crippen molar-refractivity contribution in [2.45, 2.75) is 31.6 Å². The van der Waals surface area contributed by atoms with Gasteiger partial charge < -0.3 is 5.11 Å². The highest BCUT2D eigenvalue weighted by Gasteiger charge is 2.29. The largest absolute Gasteiger partial charge is 0.393 e. The van der Waals surface area contributed by atoms with Gasteiger partial charge in [-0.2, -0.15) is 0 Å². The first-order valence-electron chi connectivity index (χ1n) is 6.89. The van der Waals surface area contributed by atoms with Crippen molar-refractivity contribution in [1.82, 2.24) is 4.31 Å². The van der Waals surface area contributed by atoms with Gasteiger partial charge in [0.1, 0.15) is 5.82 Å². The van der Waals surface area contributed by atoms with E-state index in [0.717, 1.165) is 0 Å². The third kappa shape index (κ3) is 4.16. The Morgan fingerprint density at radius 1 is 1.43 bits per heavy atom. The minimum absolute atomic E-state index is 0.0736. The molecule has 1 unspecified atom stereocenters. The number of aliphatic hydroxyl groups excluding tert-OH is 1. The number of piperidine rings is 1. The third-order valence-electron chi connectivity index (χ3n) is 3.91. The fourth-order valence-electron chi connectivity index (χ4n) is 2.57. The minimum Gasteiger partial charge on any atom is -0.393 e. The number of rotatable bonds is 4. The van der Waals surface area contributed by atoms with Gasteiger partial charge in [0.25, 0.3) is 0 Å². The van der Waals surface area contributed by atoms with Gasteiger partial charge in [-0.05, 0) is 43.4 Å². The van der Waals surface area contributed by atoms with Crippen LogP contribution in [0, 0.1) is 11.7 Å². The van der Waals surface area contributed by atoms with E-state index in [1.807, 2.05) is 0 Å². The van der Waals surface area contributed by atoms with E-state index in [1.54, 1.807) is 6.92 Å². The fraction of sp³-hybridized carbons (Fsp3) is 0.571. The molecule has 0 spiro atoms. The van der Waals surface area contributed by atoms with Crippen molar-refractivity contribution in [2.75, 3.05) is 13.1 Å². The molecule has 7 heteroatoms. The molecule has 1 saturated heterocycles. The Morgan fingerprint density at radius 3 is 2.57 bits per heavy atom. The van der Waals surface area contributed by atoms with Gasteiger partial charge in [-0.1, -0.05) is 17.7 Å². The molecular weight excluding hydrogens is 317 g/mol. The topological polar surface area (TPSA) is 57.6 Å². The molecule has 118 valence electrons. The molecule has 0 aliphatic carbocycles. The van der Waals surface area contributed by atoms with Gasteiger partial charge in [-0.25, -0.2) is 17.1 Å². The minimum atomic E-state index is -3.44. The fourth-order valence-corrected chi connectivity index (χ4v) is 4.32. The van der Waals surface area contributed by atoms with Crippen molar-refractivity contribution in [3.05, 3.63) is 34.6 Å². The van der Waals surface area contributed by atoms with E-state index in [-0.39, 0.29) is 16.7 Å². The second-order valence-electron chi connectivity index (χ2n) is 5.48. The highest BCUT2D eigenvalue weighted by atomic mass is 35.5. The Morgan fingerprint density at radius 2 is 2.05 bits per heavy atom. The van der Waals surface area contributed by atoms with Gasteiger partial charge in [-0.15, -0.1) is 0 Å². The van der Waals surface area contributed by atoms with Gasteiger partial charge in [0.15, 0.2) is 0 Å². The monoisotopic (exact) mass is 335 g/mol. The van der Waals surface area contributed by atoms with Crippen molar-refractivity contribution in [3.63, 3.8) is 0 Å². The summed E-state index contributed by atoms with van der Waals surface area (Å²) in [5, 5.41) is 9.47. The number of halogens is 2. The average Bonchev–Trinajstić information content (AvgIpc) is 2.43. The lowest BCUT2D eigenvalue weighted by Gasteiger charge is -2.32. The SMILES string of the molecule is CC(O)C1CCN(S(=O)(=O)Cc2ccc(F)c(Cl)c2)CC1. The first-order chi connectivity index (χ1) is 9.79. The summed E-state index contributed by atoms with van der Waals surface area (Å²) in [6.45, 7) is 2.55. The highest BCUT2D eigenvalue weighted by Crippen LogP contribution is 2.25. The zero-order chi connectivity index (χ0) is 15.6. The van der Waals surface area contributed by atoms with Crippen molar-refractivity contribution in [2.24, 2.45) is 5.92 Å². The summed E-state index contributed by atoms with van der Waals surface area (Å²) < 4.78 is 39.2. The average molecular weight is 336 g/mol. The standard InChI is InChI=1S/C14H19ClFNO3S/c1-10(18)12-4-6-17(7-5-12)21(19,20)9-11-2-3-14(16)13(15)8-11/h2-3,8,10,12,18H,4-7,9H2,1H3. The normalized spacial score (nSPS) is 19.6. The smallest absolute Gasteiger partial charge is 0.218 e. The molecule has 1 N–H and O–H groups in total. The predicted octanol–water partition coefficient (Wildman–Crippen LogP) is 2.40. The summed E-state index contributed by atoms with van der Waals surface area (Å²) in [6, 6.07) is 3.95. The molecule has 1 aromatic carbocycles. The third-order valence-corrected chi connectivity index (χ3v) is 6.05. The molecule has 4 nitrogen and oxygen atoms in total. The van der Waals surface area contributed by atoms with Gasteiger partial charge in [-0.3, -0.25) is 0 Å². The molecule has 1 aromatic rings. The Bertz CT molecular complexity index is 598. The molecule has 1 heterocycles.